The summed E-state index contributed by atoms with van der Waals surface area (Å²) in [5, 5.41) is 10.8. The van der Waals surface area contributed by atoms with Crippen molar-refractivity contribution in [1.29, 1.82) is 5.26 Å². The zero-order chi connectivity index (χ0) is 18.1. The smallest absolute Gasteiger partial charge is 0.142 e. The zero-order valence-electron chi connectivity index (χ0n) is 15.2. The molecule has 0 atom stereocenters. The second-order valence-corrected chi connectivity index (χ2v) is 6.90. The first kappa shape index (κ1) is 16.6. The van der Waals surface area contributed by atoms with Gasteiger partial charge in [0.05, 0.1) is 29.8 Å². The van der Waals surface area contributed by atoms with Crippen molar-refractivity contribution < 1.29 is 4.74 Å². The van der Waals surface area contributed by atoms with Gasteiger partial charge in [-0.1, -0.05) is 13.0 Å². The summed E-state index contributed by atoms with van der Waals surface area (Å²) in [6, 6.07) is 8.76. The fourth-order valence-electron chi connectivity index (χ4n) is 3.44. The molecule has 26 heavy (non-hydrogen) atoms. The number of ether oxygens (including phenoxy) is 1. The SMILES string of the molecule is CCCOc1cnc2c(c1)c(C#N)c(-c1ccc(C)cn1)n2C1CCC1. The van der Waals surface area contributed by atoms with Crippen LogP contribution in [0.2, 0.25) is 0 Å². The van der Waals surface area contributed by atoms with Crippen LogP contribution in [0.15, 0.2) is 30.6 Å². The lowest BCUT2D eigenvalue weighted by Crippen LogP contribution is -2.18. The molecule has 5 heteroatoms. The number of nitrogens with zero attached hydrogens (tertiary/aromatic N) is 4. The first-order valence-electron chi connectivity index (χ1n) is 9.22. The summed E-state index contributed by atoms with van der Waals surface area (Å²) in [5.41, 5.74) is 4.30. The second kappa shape index (κ2) is 6.80. The van der Waals surface area contributed by atoms with Gasteiger partial charge in [-0.3, -0.25) is 4.98 Å². The summed E-state index contributed by atoms with van der Waals surface area (Å²) in [7, 11) is 0. The van der Waals surface area contributed by atoms with Crippen LogP contribution in [0.25, 0.3) is 22.4 Å². The Morgan fingerprint density at radius 2 is 2.12 bits per heavy atom. The summed E-state index contributed by atoms with van der Waals surface area (Å²) in [6.07, 6.45) is 7.99. The maximum atomic E-state index is 9.93. The van der Waals surface area contributed by atoms with E-state index in [-0.39, 0.29) is 0 Å². The molecule has 0 saturated heterocycles. The van der Waals surface area contributed by atoms with Crippen LogP contribution < -0.4 is 4.74 Å². The highest BCUT2D eigenvalue weighted by atomic mass is 16.5. The van der Waals surface area contributed by atoms with E-state index in [4.69, 9.17) is 4.74 Å². The van der Waals surface area contributed by atoms with E-state index in [1.807, 2.05) is 31.3 Å². The van der Waals surface area contributed by atoms with Gasteiger partial charge in [0.15, 0.2) is 0 Å². The Morgan fingerprint density at radius 3 is 2.73 bits per heavy atom. The maximum absolute atomic E-state index is 9.93. The van der Waals surface area contributed by atoms with Gasteiger partial charge in [0.2, 0.25) is 0 Å². The van der Waals surface area contributed by atoms with Crippen LogP contribution >= 0.6 is 0 Å². The third-order valence-electron chi connectivity index (χ3n) is 5.00. The molecule has 0 N–H and O–H groups in total. The van der Waals surface area contributed by atoms with E-state index >= 15 is 0 Å². The van der Waals surface area contributed by atoms with Crippen LogP contribution in [0.3, 0.4) is 0 Å². The standard InChI is InChI=1S/C21H22N4O/c1-3-9-26-16-10-17-18(11-22)20(19-8-7-14(2)12-23-19)25(15-5-4-6-15)21(17)24-13-16/h7-8,10,12-13,15H,3-6,9H2,1-2H3. The molecule has 132 valence electrons. The van der Waals surface area contributed by atoms with Gasteiger partial charge >= 0.3 is 0 Å². The molecule has 0 radical (unpaired) electrons. The van der Waals surface area contributed by atoms with Crippen LogP contribution in [0.4, 0.5) is 0 Å². The van der Waals surface area contributed by atoms with Crippen LogP contribution in [0.1, 0.15) is 49.8 Å². The zero-order valence-corrected chi connectivity index (χ0v) is 15.2. The Kier molecular flexibility index (Phi) is 4.34. The van der Waals surface area contributed by atoms with Gasteiger partial charge < -0.3 is 9.30 Å². The molecule has 0 aliphatic heterocycles. The van der Waals surface area contributed by atoms with E-state index < -0.39 is 0 Å². The number of rotatable bonds is 5. The quantitative estimate of drug-likeness (QED) is 0.666. The molecular weight excluding hydrogens is 324 g/mol. The molecule has 1 saturated carbocycles. The first-order valence-corrected chi connectivity index (χ1v) is 9.22. The molecule has 1 fully saturated rings. The summed E-state index contributed by atoms with van der Waals surface area (Å²) in [4.78, 5) is 9.26. The van der Waals surface area contributed by atoms with Crippen LogP contribution in [0, 0.1) is 18.3 Å². The Hall–Kier alpha value is -2.87. The number of aryl methyl sites for hydroxylation is 1. The highest BCUT2D eigenvalue weighted by molar-refractivity contribution is 5.92. The fraction of sp³-hybridized carbons (Fsp3) is 0.381. The minimum atomic E-state index is 0.382. The average molecular weight is 346 g/mol. The molecule has 3 aromatic heterocycles. The van der Waals surface area contributed by atoms with E-state index in [0.717, 1.165) is 47.2 Å². The van der Waals surface area contributed by atoms with Crippen LogP contribution in [-0.4, -0.2) is 21.1 Å². The van der Waals surface area contributed by atoms with Gasteiger partial charge in [-0.25, -0.2) is 4.98 Å². The van der Waals surface area contributed by atoms with Crippen LogP contribution in [0.5, 0.6) is 5.75 Å². The van der Waals surface area contributed by atoms with E-state index in [1.165, 1.54) is 6.42 Å². The minimum absolute atomic E-state index is 0.382. The Morgan fingerprint density at radius 1 is 1.27 bits per heavy atom. The van der Waals surface area contributed by atoms with Crippen molar-refractivity contribution >= 4 is 11.0 Å². The lowest BCUT2D eigenvalue weighted by Gasteiger charge is -2.29. The number of pyridine rings is 2. The number of nitriles is 1. The Bertz CT molecular complexity index is 978. The summed E-state index contributed by atoms with van der Waals surface area (Å²) in [5.74, 6) is 0.713. The van der Waals surface area contributed by atoms with Gasteiger partial charge in [-0.15, -0.1) is 0 Å². The van der Waals surface area contributed by atoms with Crippen molar-refractivity contribution in [3.63, 3.8) is 0 Å². The predicted molar refractivity (Wildman–Crippen MR) is 101 cm³/mol. The van der Waals surface area contributed by atoms with E-state index in [2.05, 4.69) is 27.5 Å². The molecule has 0 unspecified atom stereocenters. The Balaban J connectivity index is 1.95. The third-order valence-corrected chi connectivity index (χ3v) is 5.00. The second-order valence-electron chi connectivity index (χ2n) is 6.90. The molecule has 1 aliphatic carbocycles. The summed E-state index contributed by atoms with van der Waals surface area (Å²) in [6.45, 7) is 4.73. The molecular formula is C21H22N4O. The molecule has 0 spiro atoms. The molecule has 3 aromatic rings. The topological polar surface area (TPSA) is 63.7 Å². The molecule has 0 bridgehead atoms. The number of aromatic nitrogens is 3. The molecule has 3 heterocycles. The largest absolute Gasteiger partial charge is 0.492 e. The van der Waals surface area contributed by atoms with Crippen molar-refractivity contribution in [2.24, 2.45) is 0 Å². The van der Waals surface area contributed by atoms with Crippen molar-refractivity contribution in [2.75, 3.05) is 6.61 Å². The third kappa shape index (κ3) is 2.72. The molecule has 5 nitrogen and oxygen atoms in total. The van der Waals surface area contributed by atoms with Crippen molar-refractivity contribution in [1.82, 2.24) is 14.5 Å². The summed E-state index contributed by atoms with van der Waals surface area (Å²) >= 11 is 0. The number of fused-ring (bicyclic) bond motifs is 1. The lowest BCUT2D eigenvalue weighted by atomic mass is 9.92. The van der Waals surface area contributed by atoms with Gasteiger partial charge in [0, 0.05) is 17.6 Å². The molecule has 0 aromatic carbocycles. The molecule has 4 rings (SSSR count). The number of hydrogen-bond donors (Lipinski definition) is 0. The van der Waals surface area contributed by atoms with E-state index in [0.29, 0.717) is 24.0 Å². The summed E-state index contributed by atoms with van der Waals surface area (Å²) < 4.78 is 7.96. The Labute approximate surface area is 153 Å². The lowest BCUT2D eigenvalue weighted by molar-refractivity contribution is 0.315. The van der Waals surface area contributed by atoms with E-state index in [9.17, 15) is 5.26 Å². The first-order chi connectivity index (χ1) is 12.7. The average Bonchev–Trinajstić information content (AvgIpc) is 2.92. The molecule has 1 aliphatic rings. The molecule has 0 amide bonds. The highest BCUT2D eigenvalue weighted by Crippen LogP contribution is 2.42. The van der Waals surface area contributed by atoms with Crippen LogP contribution in [-0.2, 0) is 0 Å². The highest BCUT2D eigenvalue weighted by Gasteiger charge is 2.29. The van der Waals surface area contributed by atoms with Gasteiger partial charge in [0.25, 0.3) is 0 Å². The maximum Gasteiger partial charge on any atom is 0.142 e. The van der Waals surface area contributed by atoms with Crippen molar-refractivity contribution in [2.45, 2.75) is 45.6 Å². The minimum Gasteiger partial charge on any atom is -0.492 e. The van der Waals surface area contributed by atoms with Gasteiger partial charge in [-0.05, 0) is 50.3 Å². The monoisotopic (exact) mass is 346 g/mol. The predicted octanol–water partition coefficient (Wildman–Crippen LogP) is 4.79. The normalized spacial score (nSPS) is 14.2. The fourth-order valence-corrected chi connectivity index (χ4v) is 3.44. The van der Waals surface area contributed by atoms with Crippen molar-refractivity contribution in [3.05, 3.63) is 41.7 Å². The van der Waals surface area contributed by atoms with Crippen molar-refractivity contribution in [3.8, 4) is 23.2 Å². The van der Waals surface area contributed by atoms with E-state index in [1.54, 1.807) is 6.20 Å². The number of hydrogen-bond acceptors (Lipinski definition) is 4. The van der Waals surface area contributed by atoms with Gasteiger partial charge in [0.1, 0.15) is 17.5 Å². The van der Waals surface area contributed by atoms with Gasteiger partial charge in [-0.2, -0.15) is 5.26 Å².